The van der Waals surface area contributed by atoms with Gasteiger partial charge in [-0.1, -0.05) is 66.4 Å². The number of carbonyl (C=O) groups is 1. The molecular weight excluding hydrogens is 482 g/mol. The van der Waals surface area contributed by atoms with Crippen molar-refractivity contribution in [3.8, 4) is 11.4 Å². The number of fused-ring (bicyclic) bond motifs is 1. The van der Waals surface area contributed by atoms with Gasteiger partial charge in [-0.3, -0.25) is 4.79 Å². The molecule has 3 aromatic carbocycles. The largest absolute Gasteiger partial charge is 0.418 e. The minimum atomic E-state index is -4.64. The van der Waals surface area contributed by atoms with E-state index < -0.39 is 34.8 Å². The van der Waals surface area contributed by atoms with Crippen LogP contribution in [0.15, 0.2) is 84.0 Å². The monoisotopic (exact) mass is 499 g/mol. The summed E-state index contributed by atoms with van der Waals surface area (Å²) < 4.78 is 55.6. The van der Waals surface area contributed by atoms with Crippen LogP contribution >= 0.6 is 11.8 Å². The van der Waals surface area contributed by atoms with Crippen LogP contribution < -0.4 is 10.7 Å². The first-order valence-electron chi connectivity index (χ1n) is 10.5. The van der Waals surface area contributed by atoms with Crippen molar-refractivity contribution >= 4 is 23.4 Å². The summed E-state index contributed by atoms with van der Waals surface area (Å²) in [4.78, 5) is 13.3. The van der Waals surface area contributed by atoms with Gasteiger partial charge in [0.05, 0.1) is 17.3 Å². The Hall–Kier alpha value is -3.86. The zero-order valence-corrected chi connectivity index (χ0v) is 18.6. The lowest BCUT2D eigenvalue weighted by molar-refractivity contribution is -0.137. The minimum absolute atomic E-state index is 0.347. The number of benzene rings is 3. The predicted octanol–water partition coefficient (Wildman–Crippen LogP) is 5.50. The summed E-state index contributed by atoms with van der Waals surface area (Å²) in [5, 5.41) is 10.2. The molecule has 0 unspecified atom stereocenters. The molecule has 11 heteroatoms. The normalized spacial score (nSPS) is 17.4. The molecule has 2 heterocycles. The third kappa shape index (κ3) is 4.59. The van der Waals surface area contributed by atoms with E-state index in [-0.39, 0.29) is 5.69 Å². The smallest absolute Gasteiger partial charge is 0.324 e. The highest BCUT2D eigenvalue weighted by atomic mass is 32.2. The summed E-state index contributed by atoms with van der Waals surface area (Å²) in [6.45, 7) is 0. The Bertz CT molecular complexity index is 1360. The predicted molar refractivity (Wildman–Crippen MR) is 124 cm³/mol. The van der Waals surface area contributed by atoms with Crippen molar-refractivity contribution in [3.63, 3.8) is 0 Å². The number of carbonyl (C=O) groups excluding carboxylic acids is 1. The van der Waals surface area contributed by atoms with Crippen LogP contribution in [0.5, 0.6) is 0 Å². The van der Waals surface area contributed by atoms with E-state index in [1.54, 1.807) is 4.68 Å². The molecule has 1 aromatic heterocycles. The maximum Gasteiger partial charge on any atom is 0.418 e. The maximum absolute atomic E-state index is 13.6. The molecule has 1 amide bonds. The zero-order chi connectivity index (χ0) is 24.6. The molecule has 0 aliphatic carbocycles. The van der Waals surface area contributed by atoms with Crippen molar-refractivity contribution in [3.05, 3.63) is 95.8 Å². The van der Waals surface area contributed by atoms with Crippen LogP contribution in [-0.2, 0) is 11.0 Å². The van der Waals surface area contributed by atoms with Crippen LogP contribution in [-0.4, -0.2) is 26.0 Å². The fourth-order valence-corrected chi connectivity index (χ4v) is 4.87. The highest BCUT2D eigenvalue weighted by molar-refractivity contribution is 8.00. The summed E-state index contributed by atoms with van der Waals surface area (Å²) in [7, 11) is 0. The van der Waals surface area contributed by atoms with Gasteiger partial charge in [-0.2, -0.15) is 13.2 Å². The maximum atomic E-state index is 13.6. The summed E-state index contributed by atoms with van der Waals surface area (Å²) in [6.07, 6.45) is -4.64. The SMILES string of the molecule is O=C(Nc1ccccc1C(F)(F)F)[C@H]1Sc2nnc(-c3ccccc3)n2N[C@@H]1c1ccc(F)cc1. The second kappa shape index (κ2) is 9.06. The molecule has 6 nitrogen and oxygen atoms in total. The fraction of sp³-hybridized carbons (Fsp3) is 0.125. The van der Waals surface area contributed by atoms with Crippen molar-refractivity contribution in [1.29, 1.82) is 0 Å². The standard InChI is InChI=1S/C24H17F4N5OS/c25-16-12-10-14(11-13-16)19-20(22(34)29-18-9-5-4-8-17(18)24(26,27)28)35-23-31-30-21(33(23)32-19)15-6-2-1-3-7-15/h1-13,19-20,32H,(H,29,34)/t19-,20+/m1/s1. The molecular formula is C24H17F4N5OS. The molecule has 178 valence electrons. The Balaban J connectivity index is 1.52. The second-order valence-electron chi connectivity index (χ2n) is 7.74. The number of halogens is 4. The number of amides is 1. The van der Waals surface area contributed by atoms with Gasteiger partial charge in [0, 0.05) is 5.56 Å². The van der Waals surface area contributed by atoms with Crippen molar-refractivity contribution < 1.29 is 22.4 Å². The lowest BCUT2D eigenvalue weighted by Gasteiger charge is -2.33. The molecule has 0 spiro atoms. The van der Waals surface area contributed by atoms with Crippen molar-refractivity contribution in [2.75, 3.05) is 10.7 Å². The van der Waals surface area contributed by atoms with Crippen LogP contribution in [0.25, 0.3) is 11.4 Å². The van der Waals surface area contributed by atoms with E-state index in [4.69, 9.17) is 0 Å². The third-order valence-corrected chi connectivity index (χ3v) is 6.66. The number of hydrogen-bond donors (Lipinski definition) is 2. The molecule has 0 radical (unpaired) electrons. The summed E-state index contributed by atoms with van der Waals surface area (Å²) in [5.74, 6) is -0.613. The Morgan fingerprint density at radius 2 is 1.63 bits per heavy atom. The van der Waals surface area contributed by atoms with E-state index in [2.05, 4.69) is 20.9 Å². The molecule has 2 N–H and O–H groups in total. The van der Waals surface area contributed by atoms with Crippen molar-refractivity contribution in [1.82, 2.24) is 14.9 Å². The van der Waals surface area contributed by atoms with Gasteiger partial charge in [-0.15, -0.1) is 10.2 Å². The van der Waals surface area contributed by atoms with E-state index in [9.17, 15) is 22.4 Å². The number of rotatable bonds is 4. The van der Waals surface area contributed by atoms with Crippen molar-refractivity contribution in [2.45, 2.75) is 22.6 Å². The molecule has 0 saturated heterocycles. The lowest BCUT2D eigenvalue weighted by Crippen LogP contribution is -2.41. The number of anilines is 1. The van der Waals surface area contributed by atoms with Crippen molar-refractivity contribution in [2.24, 2.45) is 0 Å². The summed E-state index contributed by atoms with van der Waals surface area (Å²) in [5.41, 5.74) is 3.26. The first-order valence-corrected chi connectivity index (χ1v) is 11.4. The van der Waals surface area contributed by atoms with Crippen LogP contribution in [0, 0.1) is 5.82 Å². The molecule has 5 rings (SSSR count). The lowest BCUT2D eigenvalue weighted by atomic mass is 10.0. The molecule has 0 bridgehead atoms. The van der Waals surface area contributed by atoms with Crippen LogP contribution in [0.2, 0.25) is 0 Å². The van der Waals surface area contributed by atoms with E-state index >= 15 is 0 Å². The first-order chi connectivity index (χ1) is 16.8. The summed E-state index contributed by atoms with van der Waals surface area (Å²) in [6, 6.07) is 18.9. The highest BCUT2D eigenvalue weighted by Gasteiger charge is 2.39. The molecule has 2 atom stereocenters. The molecule has 35 heavy (non-hydrogen) atoms. The van der Waals surface area contributed by atoms with Crippen LogP contribution in [0.4, 0.5) is 23.2 Å². The van der Waals surface area contributed by atoms with E-state index in [1.165, 1.54) is 42.5 Å². The van der Waals surface area contributed by atoms with E-state index in [1.807, 2.05) is 30.3 Å². The fourth-order valence-electron chi connectivity index (χ4n) is 3.79. The van der Waals surface area contributed by atoms with Crippen LogP contribution in [0.1, 0.15) is 17.2 Å². The van der Waals surface area contributed by atoms with Gasteiger partial charge in [0.25, 0.3) is 0 Å². The van der Waals surface area contributed by atoms with E-state index in [0.717, 1.165) is 23.4 Å². The molecule has 0 saturated carbocycles. The average molecular weight is 499 g/mol. The molecule has 0 fully saturated rings. The zero-order valence-electron chi connectivity index (χ0n) is 17.8. The van der Waals surface area contributed by atoms with Gasteiger partial charge in [0.2, 0.25) is 11.1 Å². The van der Waals surface area contributed by atoms with Gasteiger partial charge < -0.3 is 10.7 Å². The molecule has 1 aliphatic heterocycles. The number of nitrogens with one attached hydrogen (secondary N) is 2. The molecule has 1 aliphatic rings. The number of thioether (sulfide) groups is 1. The van der Waals surface area contributed by atoms with E-state index in [0.29, 0.717) is 16.5 Å². The number of para-hydroxylation sites is 1. The van der Waals surface area contributed by atoms with Crippen LogP contribution in [0.3, 0.4) is 0 Å². The van der Waals surface area contributed by atoms with Gasteiger partial charge in [0.15, 0.2) is 5.82 Å². The topological polar surface area (TPSA) is 71.8 Å². The minimum Gasteiger partial charge on any atom is -0.324 e. The Labute approximate surface area is 201 Å². The quantitative estimate of drug-likeness (QED) is 0.363. The van der Waals surface area contributed by atoms with Gasteiger partial charge in [-0.05, 0) is 29.8 Å². The third-order valence-electron chi connectivity index (χ3n) is 5.45. The summed E-state index contributed by atoms with van der Waals surface area (Å²) >= 11 is 1.06. The number of hydrogen-bond acceptors (Lipinski definition) is 5. The average Bonchev–Trinajstić information content (AvgIpc) is 3.27. The molecule has 4 aromatic rings. The number of alkyl halides is 3. The Morgan fingerprint density at radius 1 is 0.943 bits per heavy atom. The first kappa shape index (κ1) is 22.9. The highest BCUT2D eigenvalue weighted by Crippen LogP contribution is 2.40. The number of nitrogens with zero attached hydrogens (tertiary/aromatic N) is 3. The van der Waals surface area contributed by atoms with Gasteiger partial charge in [0.1, 0.15) is 11.1 Å². The Kier molecular flexibility index (Phi) is 5.93. The second-order valence-corrected chi connectivity index (χ2v) is 8.85. The number of aromatic nitrogens is 3. The van der Waals surface area contributed by atoms with Gasteiger partial charge >= 0.3 is 6.18 Å². The van der Waals surface area contributed by atoms with Gasteiger partial charge in [-0.25, -0.2) is 9.07 Å². The Morgan fingerprint density at radius 3 is 2.34 bits per heavy atom.